The van der Waals surface area contributed by atoms with Crippen molar-refractivity contribution in [1.29, 1.82) is 5.26 Å². The SMILES string of the molecule is COc1cc2c(cc1O)CCN[C@]21CS[C@@H]2c3c(OC(C)=O)c(C)c4c(c3[C@@H](COC1=O)N1C2C2c3c(cc(C)c(OC)c3O)C[C@@H]([C@@H]1C#N)N2C)OCO4. The molecule has 0 aromatic heterocycles. The van der Waals surface area contributed by atoms with Crippen molar-refractivity contribution in [3.63, 3.8) is 0 Å². The lowest BCUT2D eigenvalue weighted by Gasteiger charge is -2.62. The second-order valence-electron chi connectivity index (χ2n) is 15.1. The van der Waals surface area contributed by atoms with Gasteiger partial charge in [-0.2, -0.15) is 5.26 Å². The fourth-order valence-corrected chi connectivity index (χ4v) is 11.9. The highest BCUT2D eigenvalue weighted by molar-refractivity contribution is 7.99. The highest BCUT2D eigenvalue weighted by atomic mass is 32.2. The summed E-state index contributed by atoms with van der Waals surface area (Å²) in [5.41, 5.74) is 4.41. The summed E-state index contributed by atoms with van der Waals surface area (Å²) in [4.78, 5) is 32.0. The third-order valence-corrected chi connectivity index (χ3v) is 13.9. The first-order valence-corrected chi connectivity index (χ1v) is 19.4. The van der Waals surface area contributed by atoms with E-state index in [1.165, 1.54) is 32.9 Å². The van der Waals surface area contributed by atoms with Crippen LogP contribution in [0.5, 0.6) is 40.2 Å². The van der Waals surface area contributed by atoms with Gasteiger partial charge in [0.05, 0.1) is 37.6 Å². The number of rotatable bonds is 3. The molecule has 1 spiro atoms. The van der Waals surface area contributed by atoms with Gasteiger partial charge < -0.3 is 38.6 Å². The van der Waals surface area contributed by atoms with Gasteiger partial charge in [0.25, 0.3) is 0 Å². The number of phenols is 2. The monoisotopic (exact) mass is 770 g/mol. The van der Waals surface area contributed by atoms with Crippen molar-refractivity contribution in [3.05, 3.63) is 62.7 Å². The third-order valence-electron chi connectivity index (χ3n) is 12.4. The van der Waals surface area contributed by atoms with E-state index >= 15 is 0 Å². The van der Waals surface area contributed by atoms with Gasteiger partial charge in [0, 0.05) is 53.6 Å². The number of piperazine rings is 1. The molecule has 2 saturated heterocycles. The van der Waals surface area contributed by atoms with Gasteiger partial charge in [0.2, 0.25) is 6.79 Å². The van der Waals surface area contributed by atoms with E-state index in [2.05, 4.69) is 21.2 Å². The Morgan fingerprint density at radius 2 is 1.84 bits per heavy atom. The maximum atomic E-state index is 14.7. The number of fused-ring (bicyclic) bond motifs is 9. The molecular formula is C40H42N4O10S. The predicted octanol–water partition coefficient (Wildman–Crippen LogP) is 3.99. The molecule has 0 aliphatic carbocycles. The number of nitriles is 1. The molecule has 3 aromatic rings. The van der Waals surface area contributed by atoms with Crippen LogP contribution in [0, 0.1) is 25.2 Å². The van der Waals surface area contributed by atoms with Gasteiger partial charge in [0.1, 0.15) is 18.4 Å². The topological polar surface area (TPSA) is 172 Å². The minimum atomic E-state index is -1.36. The summed E-state index contributed by atoms with van der Waals surface area (Å²) < 4.78 is 36.1. The molecule has 0 saturated carbocycles. The molecule has 10 rings (SSSR count). The summed E-state index contributed by atoms with van der Waals surface area (Å²) in [6.07, 6.45) is 1.05. The Bertz CT molecular complexity index is 2220. The maximum absolute atomic E-state index is 14.7. The summed E-state index contributed by atoms with van der Waals surface area (Å²) in [5.74, 6) is 0.973. The number of esters is 2. The zero-order valence-electron chi connectivity index (χ0n) is 31.3. The van der Waals surface area contributed by atoms with Crippen LogP contribution in [-0.4, -0.2) is 97.0 Å². The molecule has 55 heavy (non-hydrogen) atoms. The van der Waals surface area contributed by atoms with Crippen molar-refractivity contribution in [2.24, 2.45) is 0 Å². The second-order valence-corrected chi connectivity index (χ2v) is 16.2. The van der Waals surface area contributed by atoms with Crippen molar-refractivity contribution in [1.82, 2.24) is 15.1 Å². The van der Waals surface area contributed by atoms with Crippen molar-refractivity contribution in [3.8, 4) is 46.3 Å². The van der Waals surface area contributed by atoms with E-state index in [1.54, 1.807) is 12.1 Å². The third kappa shape index (κ3) is 4.90. The molecule has 288 valence electrons. The molecule has 7 heterocycles. The lowest BCUT2D eigenvalue weighted by Crippen LogP contribution is -2.69. The highest BCUT2D eigenvalue weighted by Crippen LogP contribution is 2.64. The number of aryl methyl sites for hydroxylation is 1. The zero-order valence-corrected chi connectivity index (χ0v) is 32.2. The fourth-order valence-electron chi connectivity index (χ4n) is 10.2. The largest absolute Gasteiger partial charge is 0.504 e. The Kier molecular flexibility index (Phi) is 8.36. The van der Waals surface area contributed by atoms with Gasteiger partial charge in [-0.3, -0.25) is 19.9 Å². The molecule has 7 atom stereocenters. The van der Waals surface area contributed by atoms with Crippen LogP contribution in [-0.2, 0) is 32.7 Å². The van der Waals surface area contributed by atoms with Crippen LogP contribution in [0.15, 0.2) is 18.2 Å². The lowest BCUT2D eigenvalue weighted by molar-refractivity contribution is -0.157. The van der Waals surface area contributed by atoms with Crippen LogP contribution >= 0.6 is 11.8 Å². The molecule has 14 nitrogen and oxygen atoms in total. The van der Waals surface area contributed by atoms with E-state index in [0.717, 1.165) is 16.7 Å². The molecule has 0 radical (unpaired) electrons. The first-order valence-electron chi connectivity index (χ1n) is 18.3. The van der Waals surface area contributed by atoms with Crippen LogP contribution < -0.4 is 29.0 Å². The number of aromatic hydroxyl groups is 2. The highest BCUT2D eigenvalue weighted by Gasteiger charge is 2.62. The minimum absolute atomic E-state index is 0.0239. The van der Waals surface area contributed by atoms with E-state index in [1.807, 2.05) is 27.0 Å². The Hall–Kier alpha value is -4.88. The molecule has 15 heteroatoms. The zero-order chi connectivity index (χ0) is 38.7. The van der Waals surface area contributed by atoms with E-state index in [9.17, 15) is 25.1 Å². The maximum Gasteiger partial charge on any atom is 0.331 e. The van der Waals surface area contributed by atoms with Crippen molar-refractivity contribution < 1.29 is 48.2 Å². The number of carbonyl (C=O) groups is 2. The Labute approximate surface area is 322 Å². The van der Waals surface area contributed by atoms with Gasteiger partial charge in [-0.25, -0.2) is 4.79 Å². The number of likely N-dealkylation sites (N-methyl/N-ethyl adjacent to an activating group) is 1. The van der Waals surface area contributed by atoms with Crippen LogP contribution in [0.2, 0.25) is 0 Å². The van der Waals surface area contributed by atoms with Crippen LogP contribution in [0.25, 0.3) is 0 Å². The number of hydrogen-bond acceptors (Lipinski definition) is 15. The van der Waals surface area contributed by atoms with E-state index in [4.69, 9.17) is 28.4 Å². The number of ether oxygens (including phenoxy) is 6. The first kappa shape index (κ1) is 35.8. The quantitative estimate of drug-likeness (QED) is 0.258. The number of nitrogens with zero attached hydrogens (tertiary/aromatic N) is 3. The van der Waals surface area contributed by atoms with E-state index < -0.39 is 46.9 Å². The molecular weight excluding hydrogens is 729 g/mol. The summed E-state index contributed by atoms with van der Waals surface area (Å²) in [7, 11) is 4.99. The number of methoxy groups -OCH3 is 2. The fraction of sp³-hybridized carbons (Fsp3) is 0.475. The Balaban J connectivity index is 1.33. The summed E-state index contributed by atoms with van der Waals surface area (Å²) in [5, 5.41) is 36.9. The van der Waals surface area contributed by atoms with E-state index in [-0.39, 0.29) is 42.4 Å². The number of phenolic OH excluding ortho intramolecular Hbond substituents is 2. The van der Waals surface area contributed by atoms with Crippen molar-refractivity contribution in [2.45, 2.75) is 74.6 Å². The lowest BCUT2D eigenvalue weighted by atomic mass is 9.71. The molecule has 4 bridgehead atoms. The minimum Gasteiger partial charge on any atom is -0.504 e. The molecule has 7 aliphatic rings. The number of nitrogens with one attached hydrogen (secondary N) is 1. The van der Waals surface area contributed by atoms with Crippen LogP contribution in [0.4, 0.5) is 0 Å². The Morgan fingerprint density at radius 3 is 2.56 bits per heavy atom. The number of carbonyl (C=O) groups excluding carboxylic acids is 2. The molecule has 2 fully saturated rings. The van der Waals surface area contributed by atoms with E-state index in [0.29, 0.717) is 70.2 Å². The van der Waals surface area contributed by atoms with Crippen molar-refractivity contribution >= 4 is 23.7 Å². The molecule has 0 amide bonds. The summed E-state index contributed by atoms with van der Waals surface area (Å²) in [6.45, 7) is 5.28. The second kappa shape index (κ2) is 12.8. The number of thioether (sulfide) groups is 1. The van der Waals surface area contributed by atoms with Crippen LogP contribution in [0.1, 0.15) is 68.8 Å². The predicted molar refractivity (Wildman–Crippen MR) is 198 cm³/mol. The van der Waals surface area contributed by atoms with Crippen LogP contribution in [0.3, 0.4) is 0 Å². The first-order chi connectivity index (χ1) is 26.4. The normalized spacial score (nSPS) is 28.9. The van der Waals surface area contributed by atoms with Gasteiger partial charge in [-0.15, -0.1) is 11.8 Å². The standard InChI is InChI=1S/C40H42N4O10S/c1-17-9-21-10-23-24(13-41)44-25-14-51-39(48)40(22-12-27(49-5)26(46)11-20(22)7-8-42-40)15-55-38(32(44)31(43(23)4)28(21)33(47)34(17)50-6)30-29(25)37-36(52-16-53-37)18(2)35(30)54-19(3)45/h9,11-12,23-25,31-32,38,42,46-47H,7-8,10,14-16H2,1-6H3/t23-,24-,25+,31?,32?,38+,40+/m0/s1. The number of benzene rings is 3. The van der Waals surface area contributed by atoms with Gasteiger partial charge in [-0.05, 0) is 68.1 Å². The van der Waals surface area contributed by atoms with Gasteiger partial charge >= 0.3 is 11.9 Å². The smallest absolute Gasteiger partial charge is 0.331 e. The molecule has 7 aliphatic heterocycles. The molecule has 3 aromatic carbocycles. The molecule has 3 N–H and O–H groups in total. The van der Waals surface area contributed by atoms with Crippen molar-refractivity contribution in [2.75, 3.05) is 47.0 Å². The average Bonchev–Trinajstić information content (AvgIpc) is 3.65. The number of hydrogen-bond donors (Lipinski definition) is 3. The van der Waals surface area contributed by atoms with Gasteiger partial charge in [0.15, 0.2) is 40.0 Å². The van der Waals surface area contributed by atoms with Gasteiger partial charge in [-0.1, -0.05) is 6.07 Å². The Morgan fingerprint density at radius 1 is 1.05 bits per heavy atom. The molecule has 2 unspecified atom stereocenters. The summed E-state index contributed by atoms with van der Waals surface area (Å²) >= 11 is 1.48. The summed E-state index contributed by atoms with van der Waals surface area (Å²) in [6, 6.07) is 5.28. The average molecular weight is 771 g/mol.